The number of nitrogens with two attached hydrogens (primary N) is 1. The van der Waals surface area contributed by atoms with Gasteiger partial charge in [0.15, 0.2) is 6.73 Å². The van der Waals surface area contributed by atoms with Gasteiger partial charge in [-0.2, -0.15) is 0 Å². The largest absolute Gasteiger partial charge is 0.473 e. The van der Waals surface area contributed by atoms with Crippen LogP contribution < -0.4 is 21.1 Å². The summed E-state index contributed by atoms with van der Waals surface area (Å²) in [5, 5.41) is 5.47. The zero-order chi connectivity index (χ0) is 16.7. The van der Waals surface area contributed by atoms with E-state index < -0.39 is 0 Å². The van der Waals surface area contributed by atoms with Gasteiger partial charge in [0.05, 0.1) is 0 Å². The van der Waals surface area contributed by atoms with Crippen molar-refractivity contribution in [3.05, 3.63) is 64.7 Å². The second-order valence-electron chi connectivity index (χ2n) is 5.37. The summed E-state index contributed by atoms with van der Waals surface area (Å²) in [6, 6.07) is 13.4. The number of carbonyl (C=O) groups is 1. The van der Waals surface area contributed by atoms with Crippen molar-refractivity contribution in [3.63, 3.8) is 0 Å². The van der Waals surface area contributed by atoms with Gasteiger partial charge < -0.3 is 21.1 Å². The topological polar surface area (TPSA) is 76.4 Å². The first kappa shape index (κ1) is 16.8. The third-order valence-corrected chi connectivity index (χ3v) is 3.70. The van der Waals surface area contributed by atoms with Crippen molar-refractivity contribution >= 4 is 6.03 Å². The molecule has 0 saturated carbocycles. The molecule has 2 amide bonds. The van der Waals surface area contributed by atoms with Crippen molar-refractivity contribution < 1.29 is 9.53 Å². The van der Waals surface area contributed by atoms with E-state index >= 15 is 0 Å². The van der Waals surface area contributed by atoms with Crippen LogP contribution in [0.5, 0.6) is 5.75 Å². The number of aryl methyl sites for hydroxylation is 1. The third kappa shape index (κ3) is 5.00. The highest BCUT2D eigenvalue weighted by Gasteiger charge is 2.04. The van der Waals surface area contributed by atoms with Crippen LogP contribution in [0.3, 0.4) is 0 Å². The van der Waals surface area contributed by atoms with Crippen molar-refractivity contribution in [2.45, 2.75) is 26.9 Å². The Morgan fingerprint density at radius 2 is 1.83 bits per heavy atom. The average molecular weight is 313 g/mol. The molecule has 2 rings (SSSR count). The Hall–Kier alpha value is -2.53. The molecule has 0 saturated heterocycles. The van der Waals surface area contributed by atoms with Gasteiger partial charge >= 0.3 is 6.03 Å². The van der Waals surface area contributed by atoms with Crippen molar-refractivity contribution in [1.82, 2.24) is 10.6 Å². The number of hydrogen-bond donors (Lipinski definition) is 3. The highest BCUT2D eigenvalue weighted by Crippen LogP contribution is 2.19. The zero-order valence-electron chi connectivity index (χ0n) is 13.6. The molecule has 0 unspecified atom stereocenters. The van der Waals surface area contributed by atoms with Crippen molar-refractivity contribution in [2.75, 3.05) is 6.73 Å². The van der Waals surface area contributed by atoms with Crippen LogP contribution >= 0.6 is 0 Å². The number of urea groups is 1. The summed E-state index contributed by atoms with van der Waals surface area (Å²) in [4.78, 5) is 11.8. The maximum absolute atomic E-state index is 11.8. The quantitative estimate of drug-likeness (QED) is 0.717. The average Bonchev–Trinajstić information content (AvgIpc) is 2.57. The SMILES string of the molecule is Cc1cccc(OCNC(=O)NCc2cccc(CN)c2)c1C. The number of rotatable bonds is 6. The summed E-state index contributed by atoms with van der Waals surface area (Å²) in [5.74, 6) is 0.779. The molecule has 23 heavy (non-hydrogen) atoms. The molecule has 4 N–H and O–H groups in total. The predicted molar refractivity (Wildman–Crippen MR) is 91.1 cm³/mol. The molecule has 0 spiro atoms. The van der Waals surface area contributed by atoms with Crippen LogP contribution in [0.2, 0.25) is 0 Å². The molecule has 0 heterocycles. The maximum atomic E-state index is 11.8. The molecule has 0 aliphatic rings. The first-order chi connectivity index (χ1) is 11.1. The van der Waals surface area contributed by atoms with E-state index in [0.717, 1.165) is 28.0 Å². The number of nitrogens with one attached hydrogen (secondary N) is 2. The molecule has 0 bridgehead atoms. The van der Waals surface area contributed by atoms with Crippen LogP contribution in [-0.2, 0) is 13.1 Å². The summed E-state index contributed by atoms with van der Waals surface area (Å²) in [6.07, 6.45) is 0. The first-order valence-corrected chi connectivity index (χ1v) is 7.58. The summed E-state index contributed by atoms with van der Waals surface area (Å²) < 4.78 is 5.59. The molecule has 5 heteroatoms. The van der Waals surface area contributed by atoms with Gasteiger partial charge in [0, 0.05) is 13.1 Å². The molecule has 2 aromatic carbocycles. The predicted octanol–water partition coefficient (Wildman–Crippen LogP) is 2.60. The van der Waals surface area contributed by atoms with E-state index in [0.29, 0.717) is 13.1 Å². The minimum absolute atomic E-state index is 0.124. The lowest BCUT2D eigenvalue weighted by atomic mass is 10.1. The van der Waals surface area contributed by atoms with Crippen LogP contribution in [0.15, 0.2) is 42.5 Å². The molecular formula is C18H23N3O2. The van der Waals surface area contributed by atoms with E-state index in [1.54, 1.807) is 0 Å². The third-order valence-electron chi connectivity index (χ3n) is 3.70. The molecule has 0 aliphatic carbocycles. The normalized spacial score (nSPS) is 10.2. The Morgan fingerprint density at radius 3 is 2.61 bits per heavy atom. The number of amides is 2. The molecule has 0 fully saturated rings. The summed E-state index contributed by atoms with van der Waals surface area (Å²) in [5.41, 5.74) is 9.90. The van der Waals surface area contributed by atoms with Gasteiger partial charge in [-0.15, -0.1) is 0 Å². The van der Waals surface area contributed by atoms with E-state index in [1.165, 1.54) is 0 Å². The molecule has 2 aromatic rings. The maximum Gasteiger partial charge on any atom is 0.317 e. The van der Waals surface area contributed by atoms with Gasteiger partial charge in [-0.1, -0.05) is 36.4 Å². The lowest BCUT2D eigenvalue weighted by Crippen LogP contribution is -2.37. The Morgan fingerprint density at radius 1 is 1.09 bits per heavy atom. The Labute approximate surface area is 136 Å². The van der Waals surface area contributed by atoms with Crippen LogP contribution in [0.1, 0.15) is 22.3 Å². The van der Waals surface area contributed by atoms with Gasteiger partial charge in [0.25, 0.3) is 0 Å². The minimum Gasteiger partial charge on any atom is -0.473 e. The lowest BCUT2D eigenvalue weighted by molar-refractivity contribution is 0.223. The molecule has 0 aromatic heterocycles. The lowest BCUT2D eigenvalue weighted by Gasteiger charge is -2.12. The van der Waals surface area contributed by atoms with Gasteiger partial charge in [0.2, 0.25) is 0 Å². The van der Waals surface area contributed by atoms with E-state index in [4.69, 9.17) is 10.5 Å². The van der Waals surface area contributed by atoms with Crippen molar-refractivity contribution in [3.8, 4) is 5.75 Å². The number of ether oxygens (including phenoxy) is 1. The molecule has 122 valence electrons. The van der Waals surface area contributed by atoms with Crippen molar-refractivity contribution in [2.24, 2.45) is 5.73 Å². The summed E-state index contributed by atoms with van der Waals surface area (Å²) >= 11 is 0. The van der Waals surface area contributed by atoms with Gasteiger partial charge in [-0.05, 0) is 42.2 Å². The Balaban J connectivity index is 1.76. The molecule has 0 aliphatic heterocycles. The highest BCUT2D eigenvalue weighted by molar-refractivity contribution is 5.73. The summed E-state index contributed by atoms with van der Waals surface area (Å²) in [7, 11) is 0. The Kier molecular flexibility index (Phi) is 6.00. The number of carbonyl (C=O) groups excluding carboxylic acids is 1. The zero-order valence-corrected chi connectivity index (χ0v) is 13.6. The fraction of sp³-hybridized carbons (Fsp3) is 0.278. The smallest absolute Gasteiger partial charge is 0.317 e. The van der Waals surface area contributed by atoms with Gasteiger partial charge in [0.1, 0.15) is 5.75 Å². The molecule has 0 radical (unpaired) electrons. The minimum atomic E-state index is -0.270. The number of benzene rings is 2. The fourth-order valence-corrected chi connectivity index (χ4v) is 2.17. The van der Waals surface area contributed by atoms with Crippen LogP contribution in [0, 0.1) is 13.8 Å². The van der Waals surface area contributed by atoms with E-state index in [9.17, 15) is 4.79 Å². The van der Waals surface area contributed by atoms with E-state index in [-0.39, 0.29) is 12.8 Å². The highest BCUT2D eigenvalue weighted by atomic mass is 16.5. The van der Waals surface area contributed by atoms with Gasteiger partial charge in [-0.3, -0.25) is 0 Å². The molecule has 0 atom stereocenters. The molecular weight excluding hydrogens is 290 g/mol. The second-order valence-corrected chi connectivity index (χ2v) is 5.37. The first-order valence-electron chi connectivity index (χ1n) is 7.58. The fourth-order valence-electron chi connectivity index (χ4n) is 2.17. The van der Waals surface area contributed by atoms with Crippen LogP contribution in [0.25, 0.3) is 0 Å². The Bertz CT molecular complexity index is 671. The second kappa shape index (κ2) is 8.19. The van der Waals surface area contributed by atoms with E-state index in [1.807, 2.05) is 56.3 Å². The summed E-state index contributed by atoms with van der Waals surface area (Å²) in [6.45, 7) is 5.08. The van der Waals surface area contributed by atoms with Gasteiger partial charge in [-0.25, -0.2) is 4.79 Å². The standard InChI is InChI=1S/C18H23N3O2/c1-13-5-3-8-17(14(13)2)23-12-21-18(22)20-11-16-7-4-6-15(9-16)10-19/h3-9H,10-12,19H2,1-2H3,(H2,20,21,22). The monoisotopic (exact) mass is 313 g/mol. The van der Waals surface area contributed by atoms with Crippen LogP contribution in [0.4, 0.5) is 4.79 Å². The number of hydrogen-bond acceptors (Lipinski definition) is 3. The van der Waals surface area contributed by atoms with Crippen LogP contribution in [-0.4, -0.2) is 12.8 Å². The van der Waals surface area contributed by atoms with Crippen molar-refractivity contribution in [1.29, 1.82) is 0 Å². The molecule has 5 nitrogen and oxygen atoms in total. The van der Waals surface area contributed by atoms with E-state index in [2.05, 4.69) is 10.6 Å².